The summed E-state index contributed by atoms with van der Waals surface area (Å²) >= 11 is 0. The van der Waals surface area contributed by atoms with Crippen molar-refractivity contribution >= 4 is 22.6 Å². The van der Waals surface area contributed by atoms with Crippen LogP contribution in [0.25, 0.3) is 11.1 Å². The van der Waals surface area contributed by atoms with Crippen LogP contribution in [0, 0.1) is 0 Å². The van der Waals surface area contributed by atoms with E-state index >= 15 is 0 Å². The topological polar surface area (TPSA) is 109 Å². The van der Waals surface area contributed by atoms with E-state index in [0.717, 1.165) is 22.3 Å². The molecule has 7 heteroatoms. The van der Waals surface area contributed by atoms with E-state index in [2.05, 4.69) is 5.32 Å². The molecular weight excluding hydrogens is 340 g/mol. The highest BCUT2D eigenvalue weighted by atomic mass is 32.2. The third kappa shape index (κ3) is 3.33. The van der Waals surface area contributed by atoms with Crippen molar-refractivity contribution in [1.82, 2.24) is 5.32 Å². The maximum Gasteiger partial charge on any atom is 0.242 e. The van der Waals surface area contributed by atoms with E-state index in [-0.39, 0.29) is 5.75 Å². The summed E-state index contributed by atoms with van der Waals surface area (Å²) in [6, 6.07) is 14.2. The smallest absolute Gasteiger partial charge is 0.242 e. The number of rotatable bonds is 6. The first-order chi connectivity index (χ1) is 12.0. The SMILES string of the molecule is NC(=O)[C@H](CO)NC(=O)CS(=O)C1c2ccccc2-c2ccccc21. The Morgan fingerprint density at radius 1 is 1.08 bits per heavy atom. The van der Waals surface area contributed by atoms with Gasteiger partial charge >= 0.3 is 0 Å². The molecular formula is C18H18N2O4S. The Morgan fingerprint density at radius 2 is 1.60 bits per heavy atom. The fourth-order valence-electron chi connectivity index (χ4n) is 3.05. The summed E-state index contributed by atoms with van der Waals surface area (Å²) in [5.41, 5.74) is 8.96. The molecule has 1 aliphatic carbocycles. The van der Waals surface area contributed by atoms with Gasteiger partial charge < -0.3 is 16.2 Å². The average Bonchev–Trinajstić information content (AvgIpc) is 2.94. The molecule has 4 N–H and O–H groups in total. The number of benzene rings is 2. The van der Waals surface area contributed by atoms with Gasteiger partial charge in [-0.25, -0.2) is 0 Å². The highest BCUT2D eigenvalue weighted by molar-refractivity contribution is 7.86. The molecule has 0 bridgehead atoms. The van der Waals surface area contributed by atoms with Crippen LogP contribution in [0.4, 0.5) is 0 Å². The molecule has 1 unspecified atom stereocenters. The van der Waals surface area contributed by atoms with Gasteiger partial charge in [-0.05, 0) is 22.3 Å². The lowest BCUT2D eigenvalue weighted by atomic mass is 10.1. The number of hydrogen-bond acceptors (Lipinski definition) is 4. The van der Waals surface area contributed by atoms with Gasteiger partial charge in [-0.1, -0.05) is 48.5 Å². The number of aliphatic hydroxyl groups excluding tert-OH is 1. The Bertz CT molecular complexity index is 807. The van der Waals surface area contributed by atoms with Crippen molar-refractivity contribution in [3.63, 3.8) is 0 Å². The van der Waals surface area contributed by atoms with Crippen LogP contribution < -0.4 is 11.1 Å². The van der Waals surface area contributed by atoms with Crippen molar-refractivity contribution in [2.75, 3.05) is 12.4 Å². The fraction of sp³-hybridized carbons (Fsp3) is 0.222. The number of nitrogens with two attached hydrogens (primary N) is 1. The molecule has 0 radical (unpaired) electrons. The molecule has 2 aromatic carbocycles. The molecule has 0 saturated heterocycles. The second-order valence-electron chi connectivity index (χ2n) is 5.78. The van der Waals surface area contributed by atoms with Crippen LogP contribution in [0.15, 0.2) is 48.5 Å². The predicted molar refractivity (Wildman–Crippen MR) is 94.9 cm³/mol. The highest BCUT2D eigenvalue weighted by Crippen LogP contribution is 2.46. The van der Waals surface area contributed by atoms with Crippen LogP contribution in [-0.4, -0.2) is 39.5 Å². The first kappa shape index (κ1) is 17.3. The lowest BCUT2D eigenvalue weighted by Crippen LogP contribution is -2.48. The van der Waals surface area contributed by atoms with Gasteiger partial charge in [0.1, 0.15) is 11.8 Å². The van der Waals surface area contributed by atoms with Gasteiger partial charge in [-0.15, -0.1) is 0 Å². The van der Waals surface area contributed by atoms with E-state index in [9.17, 15) is 13.8 Å². The second-order valence-corrected chi connectivity index (χ2v) is 7.31. The number of aliphatic hydroxyl groups is 1. The normalized spacial score (nSPS) is 15.1. The van der Waals surface area contributed by atoms with Crippen LogP contribution in [-0.2, 0) is 20.4 Å². The molecule has 2 atom stereocenters. The van der Waals surface area contributed by atoms with Crippen LogP contribution >= 0.6 is 0 Å². The fourth-order valence-corrected chi connectivity index (χ4v) is 4.53. The zero-order chi connectivity index (χ0) is 18.0. The number of carbonyl (C=O) groups excluding carboxylic acids is 2. The maximum atomic E-state index is 12.9. The summed E-state index contributed by atoms with van der Waals surface area (Å²) in [6.45, 7) is -0.594. The monoisotopic (exact) mass is 358 g/mol. The standard InChI is InChI=1S/C18H18N2O4S/c19-18(23)15(9-21)20-16(22)10-25(24)17-13-7-3-1-5-11(13)12-6-2-4-8-14(12)17/h1-8,15,17,21H,9-10H2,(H2,19,23)(H,20,22)/t15-,25?/m0/s1. The minimum absolute atomic E-state index is 0.281. The molecule has 130 valence electrons. The number of hydrogen-bond donors (Lipinski definition) is 3. The summed E-state index contributed by atoms with van der Waals surface area (Å²) in [6.07, 6.45) is 0. The molecule has 25 heavy (non-hydrogen) atoms. The molecule has 1 aliphatic rings. The molecule has 0 spiro atoms. The first-order valence-electron chi connectivity index (χ1n) is 7.78. The molecule has 0 saturated carbocycles. The number of nitrogens with one attached hydrogen (secondary N) is 1. The Hall–Kier alpha value is -2.51. The van der Waals surface area contributed by atoms with Gasteiger partial charge in [0.15, 0.2) is 0 Å². The van der Waals surface area contributed by atoms with Gasteiger partial charge in [0.05, 0.1) is 11.9 Å². The zero-order valence-electron chi connectivity index (χ0n) is 13.3. The summed E-state index contributed by atoms with van der Waals surface area (Å²) in [5.74, 6) is -1.70. The Labute approximate surface area is 147 Å². The van der Waals surface area contributed by atoms with Crippen molar-refractivity contribution in [2.45, 2.75) is 11.3 Å². The minimum atomic E-state index is -1.53. The Balaban J connectivity index is 1.83. The van der Waals surface area contributed by atoms with Crippen molar-refractivity contribution in [3.05, 3.63) is 59.7 Å². The van der Waals surface area contributed by atoms with Crippen LogP contribution in [0.2, 0.25) is 0 Å². The third-order valence-corrected chi connectivity index (χ3v) is 5.75. The summed E-state index contributed by atoms with van der Waals surface area (Å²) in [5, 5.41) is 11.0. The van der Waals surface area contributed by atoms with E-state index in [1.165, 1.54) is 0 Å². The van der Waals surface area contributed by atoms with E-state index in [4.69, 9.17) is 10.8 Å². The van der Waals surface area contributed by atoms with Gasteiger partial charge in [0.2, 0.25) is 11.8 Å². The lowest BCUT2D eigenvalue weighted by Gasteiger charge is -2.15. The number of carbonyl (C=O) groups is 2. The van der Waals surface area contributed by atoms with E-state index < -0.39 is 40.5 Å². The quantitative estimate of drug-likeness (QED) is 0.697. The molecule has 0 aliphatic heterocycles. The van der Waals surface area contributed by atoms with Crippen molar-refractivity contribution in [3.8, 4) is 11.1 Å². The van der Waals surface area contributed by atoms with Gasteiger partial charge in [-0.3, -0.25) is 13.8 Å². The molecule has 2 amide bonds. The van der Waals surface area contributed by atoms with Crippen LogP contribution in [0.5, 0.6) is 0 Å². The van der Waals surface area contributed by atoms with E-state index in [1.807, 2.05) is 48.5 Å². The molecule has 0 fully saturated rings. The summed E-state index contributed by atoms with van der Waals surface area (Å²) < 4.78 is 12.9. The third-order valence-electron chi connectivity index (χ3n) is 4.17. The molecule has 3 rings (SSSR count). The lowest BCUT2D eigenvalue weighted by molar-refractivity contribution is -0.126. The molecule has 2 aromatic rings. The summed E-state index contributed by atoms with van der Waals surface area (Å²) in [7, 11) is -1.53. The largest absolute Gasteiger partial charge is 0.394 e. The Kier molecular flexibility index (Phi) is 4.96. The summed E-state index contributed by atoms with van der Waals surface area (Å²) in [4.78, 5) is 23.2. The zero-order valence-corrected chi connectivity index (χ0v) is 14.2. The van der Waals surface area contributed by atoms with Crippen LogP contribution in [0.1, 0.15) is 16.4 Å². The minimum Gasteiger partial charge on any atom is -0.394 e. The van der Waals surface area contributed by atoms with Crippen molar-refractivity contribution in [2.24, 2.45) is 5.73 Å². The van der Waals surface area contributed by atoms with E-state index in [1.54, 1.807) is 0 Å². The average molecular weight is 358 g/mol. The molecule has 6 nitrogen and oxygen atoms in total. The molecule has 0 heterocycles. The molecule has 0 aromatic heterocycles. The van der Waals surface area contributed by atoms with Crippen molar-refractivity contribution < 1.29 is 18.9 Å². The number of amides is 2. The van der Waals surface area contributed by atoms with E-state index in [0.29, 0.717) is 0 Å². The number of fused-ring (bicyclic) bond motifs is 3. The van der Waals surface area contributed by atoms with Gasteiger partial charge in [-0.2, -0.15) is 0 Å². The van der Waals surface area contributed by atoms with Gasteiger partial charge in [0, 0.05) is 10.8 Å². The van der Waals surface area contributed by atoms with Crippen LogP contribution in [0.3, 0.4) is 0 Å². The predicted octanol–water partition coefficient (Wildman–Crippen LogP) is 0.468. The number of primary amides is 1. The first-order valence-corrected chi connectivity index (χ1v) is 9.16. The second kappa shape index (κ2) is 7.16. The highest BCUT2D eigenvalue weighted by Gasteiger charge is 2.33. The Morgan fingerprint density at radius 3 is 2.08 bits per heavy atom. The van der Waals surface area contributed by atoms with Crippen molar-refractivity contribution in [1.29, 1.82) is 0 Å². The maximum absolute atomic E-state index is 12.9. The van der Waals surface area contributed by atoms with Gasteiger partial charge in [0.25, 0.3) is 0 Å².